The summed E-state index contributed by atoms with van der Waals surface area (Å²) in [7, 11) is 0. The van der Waals surface area contributed by atoms with E-state index in [0.29, 0.717) is 12.5 Å². The Kier molecular flexibility index (Phi) is 4.10. The highest BCUT2D eigenvalue weighted by molar-refractivity contribution is 5.40. The summed E-state index contributed by atoms with van der Waals surface area (Å²) < 4.78 is 5.81. The molecule has 19 heavy (non-hydrogen) atoms. The Morgan fingerprint density at radius 1 is 1.05 bits per heavy atom. The summed E-state index contributed by atoms with van der Waals surface area (Å²) in [5.41, 5.74) is 10.2. The van der Waals surface area contributed by atoms with Crippen molar-refractivity contribution in [3.05, 3.63) is 59.2 Å². The third-order valence-corrected chi connectivity index (χ3v) is 3.25. The van der Waals surface area contributed by atoms with Gasteiger partial charge in [-0.2, -0.15) is 0 Å². The summed E-state index contributed by atoms with van der Waals surface area (Å²) in [6.07, 6.45) is 0. The molecule has 0 unspecified atom stereocenters. The van der Waals surface area contributed by atoms with Gasteiger partial charge in [-0.05, 0) is 53.8 Å². The van der Waals surface area contributed by atoms with Crippen LogP contribution in [0.4, 0.5) is 5.69 Å². The minimum Gasteiger partial charge on any atom is -0.489 e. The first-order chi connectivity index (χ1) is 9.06. The number of anilines is 1. The first kappa shape index (κ1) is 13.5. The van der Waals surface area contributed by atoms with E-state index in [9.17, 15) is 0 Å². The van der Waals surface area contributed by atoms with Crippen LogP contribution in [0.5, 0.6) is 5.75 Å². The molecule has 0 spiro atoms. The fraction of sp³-hybridized carbons (Fsp3) is 0.294. The van der Waals surface area contributed by atoms with Crippen LogP contribution in [0.3, 0.4) is 0 Å². The van der Waals surface area contributed by atoms with Crippen LogP contribution in [-0.4, -0.2) is 0 Å². The minimum atomic E-state index is 0.547. The molecule has 2 N–H and O–H groups in total. The van der Waals surface area contributed by atoms with Crippen LogP contribution in [0.1, 0.15) is 36.5 Å². The lowest BCUT2D eigenvalue weighted by Crippen LogP contribution is -1.98. The number of hydrogen-bond acceptors (Lipinski definition) is 2. The van der Waals surface area contributed by atoms with Crippen LogP contribution in [0, 0.1) is 6.92 Å². The third-order valence-electron chi connectivity index (χ3n) is 3.25. The quantitative estimate of drug-likeness (QED) is 0.828. The van der Waals surface area contributed by atoms with Gasteiger partial charge in [0.05, 0.1) is 0 Å². The molecule has 0 aromatic heterocycles. The number of ether oxygens (including phenoxy) is 1. The molecule has 2 heteroatoms. The predicted octanol–water partition coefficient (Wildman–Crippen LogP) is 4.28. The Morgan fingerprint density at radius 2 is 1.74 bits per heavy atom. The molecule has 0 aliphatic heterocycles. The van der Waals surface area contributed by atoms with Gasteiger partial charge in [-0.1, -0.05) is 32.0 Å². The van der Waals surface area contributed by atoms with Crippen molar-refractivity contribution in [2.75, 3.05) is 5.73 Å². The first-order valence-corrected chi connectivity index (χ1v) is 6.64. The van der Waals surface area contributed by atoms with Crippen molar-refractivity contribution in [1.82, 2.24) is 0 Å². The molecule has 0 atom stereocenters. The Balaban J connectivity index is 2.04. The lowest BCUT2D eigenvalue weighted by atomic mass is 9.98. The molecule has 0 saturated carbocycles. The largest absolute Gasteiger partial charge is 0.489 e. The average molecular weight is 255 g/mol. The zero-order chi connectivity index (χ0) is 13.8. The molecule has 0 saturated heterocycles. The van der Waals surface area contributed by atoms with Gasteiger partial charge in [-0.15, -0.1) is 0 Å². The predicted molar refractivity (Wildman–Crippen MR) is 80.5 cm³/mol. The van der Waals surface area contributed by atoms with Crippen molar-refractivity contribution in [3.63, 3.8) is 0 Å². The van der Waals surface area contributed by atoms with E-state index in [0.717, 1.165) is 17.0 Å². The number of benzene rings is 2. The second-order valence-electron chi connectivity index (χ2n) is 5.20. The minimum absolute atomic E-state index is 0.547. The molecule has 0 radical (unpaired) electrons. The molecule has 2 nitrogen and oxygen atoms in total. The zero-order valence-corrected chi connectivity index (χ0v) is 11.8. The standard InChI is InChI=1S/C17H21NO/c1-12(2)17-9-8-16(10-13(17)3)19-11-14-4-6-15(18)7-5-14/h4-10,12H,11,18H2,1-3H3. The zero-order valence-electron chi connectivity index (χ0n) is 11.8. The summed E-state index contributed by atoms with van der Waals surface area (Å²) in [6, 6.07) is 14.1. The van der Waals surface area contributed by atoms with Gasteiger partial charge >= 0.3 is 0 Å². The summed E-state index contributed by atoms with van der Waals surface area (Å²) in [6.45, 7) is 7.11. The molecule has 0 heterocycles. The highest BCUT2D eigenvalue weighted by Gasteiger charge is 2.04. The van der Waals surface area contributed by atoms with Crippen molar-refractivity contribution >= 4 is 5.69 Å². The molecule has 0 aliphatic rings. The van der Waals surface area contributed by atoms with E-state index in [2.05, 4.69) is 32.9 Å². The molecule has 2 aromatic rings. The smallest absolute Gasteiger partial charge is 0.120 e. The maximum atomic E-state index is 5.81. The van der Waals surface area contributed by atoms with Crippen molar-refractivity contribution in [2.45, 2.75) is 33.3 Å². The fourth-order valence-corrected chi connectivity index (χ4v) is 2.17. The molecule has 0 amide bonds. The number of nitrogen functional groups attached to an aromatic ring is 1. The van der Waals surface area contributed by atoms with E-state index in [1.807, 2.05) is 30.3 Å². The van der Waals surface area contributed by atoms with Crippen molar-refractivity contribution in [2.24, 2.45) is 0 Å². The Morgan fingerprint density at radius 3 is 2.32 bits per heavy atom. The number of rotatable bonds is 4. The fourth-order valence-electron chi connectivity index (χ4n) is 2.17. The maximum absolute atomic E-state index is 5.81. The van der Waals surface area contributed by atoms with Gasteiger partial charge in [0.15, 0.2) is 0 Å². The maximum Gasteiger partial charge on any atom is 0.120 e. The van der Waals surface area contributed by atoms with Crippen LogP contribution in [-0.2, 0) is 6.61 Å². The molecule has 0 aliphatic carbocycles. The second-order valence-corrected chi connectivity index (χ2v) is 5.20. The molecular weight excluding hydrogens is 234 g/mol. The lowest BCUT2D eigenvalue weighted by Gasteiger charge is -2.12. The van der Waals surface area contributed by atoms with Crippen LogP contribution >= 0.6 is 0 Å². The molecule has 0 bridgehead atoms. The summed E-state index contributed by atoms with van der Waals surface area (Å²) in [5, 5.41) is 0. The summed E-state index contributed by atoms with van der Waals surface area (Å²) >= 11 is 0. The van der Waals surface area contributed by atoms with Crippen LogP contribution in [0.15, 0.2) is 42.5 Å². The van der Waals surface area contributed by atoms with Gasteiger partial charge in [0.2, 0.25) is 0 Å². The van der Waals surface area contributed by atoms with Crippen LogP contribution in [0.2, 0.25) is 0 Å². The van der Waals surface area contributed by atoms with Gasteiger partial charge in [-0.3, -0.25) is 0 Å². The van der Waals surface area contributed by atoms with Crippen molar-refractivity contribution < 1.29 is 4.74 Å². The monoisotopic (exact) mass is 255 g/mol. The van der Waals surface area contributed by atoms with Gasteiger partial charge in [0.25, 0.3) is 0 Å². The van der Waals surface area contributed by atoms with E-state index in [-0.39, 0.29) is 0 Å². The number of hydrogen-bond donors (Lipinski definition) is 1. The molecule has 0 fully saturated rings. The highest BCUT2D eigenvalue weighted by Crippen LogP contribution is 2.24. The van der Waals surface area contributed by atoms with Gasteiger partial charge in [0.1, 0.15) is 12.4 Å². The number of aryl methyl sites for hydroxylation is 1. The van der Waals surface area contributed by atoms with Gasteiger partial charge < -0.3 is 10.5 Å². The van der Waals surface area contributed by atoms with E-state index in [1.54, 1.807) is 0 Å². The van der Waals surface area contributed by atoms with E-state index in [1.165, 1.54) is 11.1 Å². The SMILES string of the molecule is Cc1cc(OCc2ccc(N)cc2)ccc1C(C)C. The summed E-state index contributed by atoms with van der Waals surface area (Å²) in [4.78, 5) is 0. The van der Waals surface area contributed by atoms with Gasteiger partial charge in [-0.25, -0.2) is 0 Å². The Labute approximate surface area is 115 Å². The van der Waals surface area contributed by atoms with E-state index in [4.69, 9.17) is 10.5 Å². The average Bonchev–Trinajstić information content (AvgIpc) is 2.37. The highest BCUT2D eigenvalue weighted by atomic mass is 16.5. The van der Waals surface area contributed by atoms with Crippen molar-refractivity contribution in [3.8, 4) is 5.75 Å². The van der Waals surface area contributed by atoms with E-state index < -0.39 is 0 Å². The van der Waals surface area contributed by atoms with Crippen molar-refractivity contribution in [1.29, 1.82) is 0 Å². The molecule has 2 aromatic carbocycles. The molecule has 100 valence electrons. The molecule has 2 rings (SSSR count). The van der Waals surface area contributed by atoms with Crippen LogP contribution in [0.25, 0.3) is 0 Å². The summed E-state index contributed by atoms with van der Waals surface area (Å²) in [5.74, 6) is 1.46. The second kappa shape index (κ2) is 5.79. The van der Waals surface area contributed by atoms with Gasteiger partial charge in [0, 0.05) is 5.69 Å². The first-order valence-electron chi connectivity index (χ1n) is 6.64. The topological polar surface area (TPSA) is 35.2 Å². The Bertz CT molecular complexity index is 544. The number of nitrogens with two attached hydrogens (primary N) is 1. The Hall–Kier alpha value is -1.96. The van der Waals surface area contributed by atoms with E-state index >= 15 is 0 Å². The normalized spacial score (nSPS) is 10.7. The molecular formula is C17H21NO. The third kappa shape index (κ3) is 3.50. The lowest BCUT2D eigenvalue weighted by molar-refractivity contribution is 0.306. The van der Waals surface area contributed by atoms with Crippen LogP contribution < -0.4 is 10.5 Å².